The average molecular weight is 444 g/mol. The number of hydrogen-bond acceptors (Lipinski definition) is 1. The second-order valence-corrected chi connectivity index (χ2v) is 8.64. The normalized spacial score (nSPS) is 12.1. The van der Waals surface area contributed by atoms with Gasteiger partial charge in [-0.1, -0.05) is 112 Å². The van der Waals surface area contributed by atoms with Crippen LogP contribution in [0.1, 0.15) is 122 Å². The van der Waals surface area contributed by atoms with Gasteiger partial charge in [0.2, 0.25) is 0 Å². The fourth-order valence-corrected chi connectivity index (χ4v) is 3.63. The fraction of sp³-hybridized carbons (Fsp3) is 0.792. The molecule has 2 nitrogen and oxygen atoms in total. The summed E-state index contributed by atoms with van der Waals surface area (Å²) in [6, 6.07) is 0. The van der Waals surface area contributed by atoms with Gasteiger partial charge in [-0.3, -0.25) is 4.79 Å². The van der Waals surface area contributed by atoms with Crippen molar-refractivity contribution >= 4 is 21.9 Å². The third-order valence-electron chi connectivity index (χ3n) is 4.90. The molecule has 0 unspecified atom stereocenters. The van der Waals surface area contributed by atoms with Gasteiger partial charge in [0.15, 0.2) is 0 Å². The van der Waals surface area contributed by atoms with Crippen molar-refractivity contribution in [2.45, 2.75) is 122 Å². The van der Waals surface area contributed by atoms with Crippen LogP contribution in [0.3, 0.4) is 0 Å². The maximum Gasteiger partial charge on any atom is 0.303 e. The maximum atomic E-state index is 10.4. The van der Waals surface area contributed by atoms with Crippen molar-refractivity contribution < 1.29 is 9.90 Å². The van der Waals surface area contributed by atoms with E-state index in [0.29, 0.717) is 0 Å². The molecule has 0 spiro atoms. The molecule has 1 N–H and O–H groups in total. The van der Waals surface area contributed by atoms with Gasteiger partial charge in [-0.2, -0.15) is 0 Å². The Morgan fingerprint density at radius 3 is 1.78 bits per heavy atom. The summed E-state index contributed by atoms with van der Waals surface area (Å²) in [5.74, 6) is -0.708. The fourth-order valence-electron chi connectivity index (χ4n) is 3.17. The number of halogens is 1. The molecule has 0 atom stereocenters. The number of carboxylic acid groups (broad SMARTS) is 1. The van der Waals surface area contributed by atoms with E-state index >= 15 is 0 Å². The maximum absolute atomic E-state index is 10.4. The zero-order chi connectivity index (χ0) is 20.0. The zero-order valence-electron chi connectivity index (χ0n) is 17.7. The highest BCUT2D eigenvalue weighted by atomic mass is 79.9. The lowest BCUT2D eigenvalue weighted by Crippen LogP contribution is -1.92. The number of carbonyl (C=O) groups is 1. The van der Waals surface area contributed by atoms with E-state index in [9.17, 15) is 4.79 Å². The van der Waals surface area contributed by atoms with Crippen molar-refractivity contribution in [3.05, 3.63) is 22.7 Å². The summed E-state index contributed by atoms with van der Waals surface area (Å²) in [4.78, 5) is 10.4. The lowest BCUT2D eigenvalue weighted by atomic mass is 10.0. The molecular weight excluding hydrogens is 400 g/mol. The Balaban J connectivity index is 3.28. The Bertz CT molecular complexity index is 388. The van der Waals surface area contributed by atoms with Crippen molar-refractivity contribution in [2.75, 3.05) is 0 Å². The molecule has 0 aliphatic carbocycles. The first kappa shape index (κ1) is 26.4. The molecule has 0 aromatic heterocycles. The van der Waals surface area contributed by atoms with Crippen molar-refractivity contribution in [1.82, 2.24) is 0 Å². The third-order valence-corrected chi connectivity index (χ3v) is 5.62. The molecule has 0 saturated carbocycles. The lowest BCUT2D eigenvalue weighted by Gasteiger charge is -2.02. The van der Waals surface area contributed by atoms with Crippen LogP contribution in [-0.4, -0.2) is 11.1 Å². The van der Waals surface area contributed by atoms with E-state index in [1.807, 2.05) is 0 Å². The monoisotopic (exact) mass is 442 g/mol. The smallest absolute Gasteiger partial charge is 0.303 e. The summed E-state index contributed by atoms with van der Waals surface area (Å²) in [7, 11) is 0. The molecule has 0 heterocycles. The minimum Gasteiger partial charge on any atom is -0.481 e. The van der Waals surface area contributed by atoms with Gasteiger partial charge in [0, 0.05) is 6.42 Å². The van der Waals surface area contributed by atoms with Crippen LogP contribution in [0, 0.1) is 0 Å². The molecule has 0 bridgehead atoms. The summed E-state index contributed by atoms with van der Waals surface area (Å²) < 4.78 is 1.20. The molecule has 158 valence electrons. The Morgan fingerprint density at radius 2 is 1.22 bits per heavy atom. The second kappa shape index (κ2) is 21.7. The lowest BCUT2D eigenvalue weighted by molar-refractivity contribution is -0.137. The number of hydrogen-bond donors (Lipinski definition) is 1. The van der Waals surface area contributed by atoms with Crippen LogP contribution >= 0.6 is 15.9 Å². The van der Waals surface area contributed by atoms with Crippen LogP contribution in [0.2, 0.25) is 0 Å². The molecule has 0 aliphatic heterocycles. The van der Waals surface area contributed by atoms with E-state index < -0.39 is 5.97 Å². The van der Waals surface area contributed by atoms with Crippen LogP contribution in [0.4, 0.5) is 0 Å². The number of allylic oxidation sites excluding steroid dienone is 4. The number of rotatable bonds is 20. The van der Waals surface area contributed by atoms with Crippen LogP contribution in [0.25, 0.3) is 0 Å². The molecule has 0 radical (unpaired) electrons. The first-order chi connectivity index (χ1) is 13.2. The molecule has 0 amide bonds. The van der Waals surface area contributed by atoms with E-state index in [2.05, 4.69) is 41.1 Å². The van der Waals surface area contributed by atoms with Gasteiger partial charge in [-0.15, -0.1) is 0 Å². The van der Waals surface area contributed by atoms with E-state index in [4.69, 9.17) is 5.11 Å². The number of carboxylic acids is 1. The zero-order valence-corrected chi connectivity index (χ0v) is 19.3. The topological polar surface area (TPSA) is 37.3 Å². The first-order valence-electron chi connectivity index (χ1n) is 11.4. The van der Waals surface area contributed by atoms with Crippen LogP contribution in [0.5, 0.6) is 0 Å². The highest BCUT2D eigenvalue weighted by Crippen LogP contribution is 2.16. The molecule has 0 saturated heterocycles. The van der Waals surface area contributed by atoms with Crippen molar-refractivity contribution in [2.24, 2.45) is 0 Å². The summed E-state index contributed by atoms with van der Waals surface area (Å²) in [6.07, 6.45) is 28.7. The summed E-state index contributed by atoms with van der Waals surface area (Å²) in [6.45, 7) is 2.28. The average Bonchev–Trinajstić information content (AvgIpc) is 2.64. The minimum atomic E-state index is -0.708. The first-order valence-corrected chi connectivity index (χ1v) is 12.2. The van der Waals surface area contributed by atoms with Gasteiger partial charge in [0.25, 0.3) is 0 Å². The van der Waals surface area contributed by atoms with Crippen molar-refractivity contribution in [1.29, 1.82) is 0 Å². The standard InChI is InChI=1S/C24H43BrO2/c1-2-3-4-5-6-7-8-9-10-11-12-13-14-15-16-17-20-23(25)21-18-19-22-24(26)27/h15-16,21H,2-14,17-20,22H2,1H3,(H,26,27)/b16-15+,23-21-. The van der Waals surface area contributed by atoms with Crippen molar-refractivity contribution in [3.8, 4) is 0 Å². The number of unbranched alkanes of at least 4 members (excludes halogenated alkanes) is 13. The molecule has 0 aromatic rings. The molecular formula is C24H43BrO2. The SMILES string of the molecule is CCCCCCCCCCCCCC/C=C/CC/C(Br)=C/CCCC(=O)O. The Labute approximate surface area is 177 Å². The largest absolute Gasteiger partial charge is 0.481 e. The van der Waals surface area contributed by atoms with E-state index in [1.165, 1.54) is 88.0 Å². The predicted molar refractivity (Wildman–Crippen MR) is 123 cm³/mol. The van der Waals surface area contributed by atoms with E-state index in [-0.39, 0.29) is 6.42 Å². The molecule has 0 aromatic carbocycles. The van der Waals surface area contributed by atoms with Gasteiger partial charge in [-0.25, -0.2) is 0 Å². The summed E-state index contributed by atoms with van der Waals surface area (Å²) in [5.41, 5.74) is 0. The molecule has 0 fully saturated rings. The Kier molecular flexibility index (Phi) is 21.3. The predicted octanol–water partition coefficient (Wildman–Crippen LogP) is 8.95. The highest BCUT2D eigenvalue weighted by Gasteiger charge is 1.96. The number of aliphatic carboxylic acids is 1. The Hall–Kier alpha value is -0.570. The van der Waals surface area contributed by atoms with E-state index in [0.717, 1.165) is 25.7 Å². The Morgan fingerprint density at radius 1 is 0.704 bits per heavy atom. The summed E-state index contributed by atoms with van der Waals surface area (Å²) in [5, 5.41) is 8.60. The van der Waals surface area contributed by atoms with Gasteiger partial charge < -0.3 is 5.11 Å². The van der Waals surface area contributed by atoms with Gasteiger partial charge in [0.1, 0.15) is 0 Å². The highest BCUT2D eigenvalue weighted by molar-refractivity contribution is 9.11. The van der Waals surface area contributed by atoms with Crippen LogP contribution < -0.4 is 0 Å². The third kappa shape index (κ3) is 23.4. The van der Waals surface area contributed by atoms with Crippen molar-refractivity contribution in [3.63, 3.8) is 0 Å². The van der Waals surface area contributed by atoms with Gasteiger partial charge >= 0.3 is 5.97 Å². The minimum absolute atomic E-state index is 0.260. The molecule has 0 aliphatic rings. The second-order valence-electron chi connectivity index (χ2n) is 7.62. The van der Waals surface area contributed by atoms with E-state index in [1.54, 1.807) is 0 Å². The van der Waals surface area contributed by atoms with Crippen LogP contribution in [-0.2, 0) is 4.79 Å². The molecule has 0 rings (SSSR count). The van der Waals surface area contributed by atoms with Crippen LogP contribution in [0.15, 0.2) is 22.7 Å². The quantitative estimate of drug-likeness (QED) is 0.151. The molecule has 3 heteroatoms. The van der Waals surface area contributed by atoms with Gasteiger partial charge in [-0.05, 0) is 43.0 Å². The molecule has 27 heavy (non-hydrogen) atoms. The summed E-state index contributed by atoms with van der Waals surface area (Å²) >= 11 is 3.57. The van der Waals surface area contributed by atoms with Gasteiger partial charge in [0.05, 0.1) is 0 Å².